The zero-order chi connectivity index (χ0) is 10.6. The summed E-state index contributed by atoms with van der Waals surface area (Å²) < 4.78 is 0. The lowest BCUT2D eigenvalue weighted by molar-refractivity contribution is 0.288. The molecule has 0 bridgehead atoms. The van der Waals surface area contributed by atoms with Crippen LogP contribution in [0.3, 0.4) is 0 Å². The van der Waals surface area contributed by atoms with Gasteiger partial charge in [0.25, 0.3) is 0 Å². The number of benzene rings is 1. The van der Waals surface area contributed by atoms with Crippen LogP contribution in [0.1, 0.15) is 23.1 Å². The molecule has 0 amide bonds. The minimum Gasteiger partial charge on any atom is -0.396 e. The molecule has 0 aliphatic heterocycles. The Hall–Kier alpha value is -0.470. The lowest BCUT2D eigenvalue weighted by Crippen LogP contribution is -1.95. The molecule has 0 spiro atoms. The largest absolute Gasteiger partial charge is 0.396 e. The van der Waals surface area contributed by atoms with Crippen LogP contribution >= 0.6 is 11.8 Å². The van der Waals surface area contributed by atoms with E-state index in [4.69, 9.17) is 5.11 Å². The number of thioether (sulfide) groups is 1. The van der Waals surface area contributed by atoms with Crippen molar-refractivity contribution in [1.82, 2.24) is 0 Å². The molecule has 0 unspecified atom stereocenters. The lowest BCUT2D eigenvalue weighted by Gasteiger charge is -2.10. The molecule has 0 aliphatic carbocycles. The first-order chi connectivity index (χ1) is 6.69. The highest BCUT2D eigenvalue weighted by Crippen LogP contribution is 2.23. The van der Waals surface area contributed by atoms with Gasteiger partial charge in [-0.15, -0.1) is 11.8 Å². The summed E-state index contributed by atoms with van der Waals surface area (Å²) in [6.07, 6.45) is 3.94. The number of hydrogen-bond donors (Lipinski definition) is 1. The van der Waals surface area contributed by atoms with Crippen LogP contribution in [0.5, 0.6) is 0 Å². The Bertz CT molecular complexity index is 307. The molecule has 14 heavy (non-hydrogen) atoms. The summed E-state index contributed by atoms with van der Waals surface area (Å²) in [7, 11) is 0. The molecule has 1 nitrogen and oxygen atoms in total. The number of hydrogen-bond acceptors (Lipinski definition) is 2. The van der Waals surface area contributed by atoms with Crippen molar-refractivity contribution in [3.8, 4) is 0 Å². The first-order valence-corrected chi connectivity index (χ1v) is 6.16. The highest BCUT2D eigenvalue weighted by molar-refractivity contribution is 7.98. The van der Waals surface area contributed by atoms with E-state index >= 15 is 0 Å². The van der Waals surface area contributed by atoms with Crippen molar-refractivity contribution < 1.29 is 5.11 Å². The molecule has 0 saturated carbocycles. The topological polar surface area (TPSA) is 20.2 Å². The van der Waals surface area contributed by atoms with Crippen LogP contribution in [-0.4, -0.2) is 18.0 Å². The lowest BCUT2D eigenvalue weighted by atomic mass is 10.00. The highest BCUT2D eigenvalue weighted by atomic mass is 32.2. The molecule has 1 N–H and O–H groups in total. The second-order valence-electron chi connectivity index (χ2n) is 3.56. The third-order valence-corrected chi connectivity index (χ3v) is 3.30. The van der Waals surface area contributed by atoms with Crippen molar-refractivity contribution in [2.75, 3.05) is 12.9 Å². The van der Waals surface area contributed by atoms with Crippen molar-refractivity contribution in [2.45, 2.75) is 31.6 Å². The average molecular weight is 210 g/mol. The Kier molecular flexibility index (Phi) is 4.49. The summed E-state index contributed by atoms with van der Waals surface area (Å²) in [5, 5.41) is 8.81. The van der Waals surface area contributed by atoms with Gasteiger partial charge in [-0.2, -0.15) is 0 Å². The number of rotatable bonds is 4. The van der Waals surface area contributed by atoms with Gasteiger partial charge >= 0.3 is 0 Å². The third-order valence-electron chi connectivity index (χ3n) is 2.59. The van der Waals surface area contributed by atoms with Crippen LogP contribution in [0.4, 0.5) is 0 Å². The molecular weight excluding hydrogens is 192 g/mol. The summed E-state index contributed by atoms with van der Waals surface area (Å²) >= 11 is 1.78. The zero-order valence-corrected chi connectivity index (χ0v) is 9.95. The van der Waals surface area contributed by atoms with Crippen LogP contribution in [-0.2, 0) is 6.42 Å². The molecule has 1 aromatic carbocycles. The smallest absolute Gasteiger partial charge is 0.0434 e. The Labute approximate surface area is 90.5 Å². The van der Waals surface area contributed by atoms with Crippen LogP contribution < -0.4 is 0 Å². The number of aryl methyl sites for hydroxylation is 2. The Balaban J connectivity index is 2.95. The van der Waals surface area contributed by atoms with Crippen LogP contribution in [0.25, 0.3) is 0 Å². The predicted octanol–water partition coefficient (Wildman–Crippen LogP) is 2.95. The fourth-order valence-corrected chi connectivity index (χ4v) is 2.10. The summed E-state index contributed by atoms with van der Waals surface area (Å²) in [6.45, 7) is 4.59. The van der Waals surface area contributed by atoms with Gasteiger partial charge in [0.05, 0.1) is 0 Å². The number of aliphatic hydroxyl groups excluding tert-OH is 1. The van der Waals surface area contributed by atoms with Gasteiger partial charge in [0.15, 0.2) is 0 Å². The molecule has 0 saturated heterocycles. The van der Waals surface area contributed by atoms with Crippen LogP contribution in [0.15, 0.2) is 17.0 Å². The zero-order valence-electron chi connectivity index (χ0n) is 9.13. The Morgan fingerprint density at radius 1 is 1.29 bits per heavy atom. The van der Waals surface area contributed by atoms with Gasteiger partial charge < -0.3 is 5.11 Å². The number of aliphatic hydroxyl groups is 1. The predicted molar refractivity (Wildman–Crippen MR) is 63.1 cm³/mol. The summed E-state index contributed by atoms with van der Waals surface area (Å²) in [5.41, 5.74) is 4.10. The quantitative estimate of drug-likeness (QED) is 0.771. The minimum absolute atomic E-state index is 0.280. The minimum atomic E-state index is 0.280. The molecule has 0 radical (unpaired) electrons. The van der Waals surface area contributed by atoms with Crippen LogP contribution in [0.2, 0.25) is 0 Å². The standard InChI is InChI=1S/C12H18OS/c1-9-7-12(14-3)8-11(10(9)2)5-4-6-13/h7-8,13H,4-6H2,1-3H3. The van der Waals surface area contributed by atoms with E-state index in [1.807, 2.05) is 0 Å². The van der Waals surface area contributed by atoms with E-state index < -0.39 is 0 Å². The average Bonchev–Trinajstić information content (AvgIpc) is 2.20. The maximum atomic E-state index is 8.81. The molecule has 1 rings (SSSR count). The van der Waals surface area contributed by atoms with E-state index in [1.54, 1.807) is 11.8 Å². The first kappa shape index (κ1) is 11.6. The highest BCUT2D eigenvalue weighted by Gasteiger charge is 2.03. The second kappa shape index (κ2) is 5.42. The maximum absolute atomic E-state index is 8.81. The van der Waals surface area contributed by atoms with E-state index in [1.165, 1.54) is 21.6 Å². The normalized spacial score (nSPS) is 10.6. The molecule has 2 heteroatoms. The molecule has 0 aromatic heterocycles. The fraction of sp³-hybridized carbons (Fsp3) is 0.500. The second-order valence-corrected chi connectivity index (χ2v) is 4.44. The monoisotopic (exact) mass is 210 g/mol. The Morgan fingerprint density at radius 2 is 2.00 bits per heavy atom. The van der Waals surface area contributed by atoms with Gasteiger partial charge in [-0.3, -0.25) is 0 Å². The Morgan fingerprint density at radius 3 is 2.57 bits per heavy atom. The SMILES string of the molecule is CSc1cc(C)c(C)c(CCCO)c1. The molecule has 1 aromatic rings. The van der Waals surface area contributed by atoms with Crippen LogP contribution in [0, 0.1) is 13.8 Å². The van der Waals surface area contributed by atoms with Gasteiger partial charge in [-0.25, -0.2) is 0 Å². The summed E-state index contributed by atoms with van der Waals surface area (Å²) in [5.74, 6) is 0. The van der Waals surface area contributed by atoms with E-state index in [2.05, 4.69) is 32.2 Å². The fourth-order valence-electron chi connectivity index (χ4n) is 1.54. The van der Waals surface area contributed by atoms with E-state index in [0.717, 1.165) is 12.8 Å². The third kappa shape index (κ3) is 2.76. The molecule has 0 heterocycles. The molecule has 78 valence electrons. The van der Waals surface area contributed by atoms with Crippen molar-refractivity contribution in [1.29, 1.82) is 0 Å². The van der Waals surface area contributed by atoms with Gasteiger partial charge in [-0.05, 0) is 61.8 Å². The maximum Gasteiger partial charge on any atom is 0.0434 e. The molecule has 0 atom stereocenters. The molecular formula is C12H18OS. The van der Waals surface area contributed by atoms with E-state index in [9.17, 15) is 0 Å². The van der Waals surface area contributed by atoms with E-state index in [-0.39, 0.29) is 6.61 Å². The van der Waals surface area contributed by atoms with Gasteiger partial charge in [0.2, 0.25) is 0 Å². The van der Waals surface area contributed by atoms with Crippen molar-refractivity contribution >= 4 is 11.8 Å². The first-order valence-electron chi connectivity index (χ1n) is 4.94. The molecule has 0 fully saturated rings. The van der Waals surface area contributed by atoms with Gasteiger partial charge in [0.1, 0.15) is 0 Å². The summed E-state index contributed by atoms with van der Waals surface area (Å²) in [4.78, 5) is 1.32. The van der Waals surface area contributed by atoms with E-state index in [0.29, 0.717) is 0 Å². The van der Waals surface area contributed by atoms with Gasteiger partial charge in [0, 0.05) is 11.5 Å². The van der Waals surface area contributed by atoms with Gasteiger partial charge in [-0.1, -0.05) is 0 Å². The summed E-state index contributed by atoms with van der Waals surface area (Å²) in [6, 6.07) is 4.46. The van der Waals surface area contributed by atoms with Crippen molar-refractivity contribution in [3.05, 3.63) is 28.8 Å². The van der Waals surface area contributed by atoms with Crippen molar-refractivity contribution in [2.24, 2.45) is 0 Å². The molecule has 0 aliphatic rings. The van der Waals surface area contributed by atoms with Crippen molar-refractivity contribution in [3.63, 3.8) is 0 Å².